The molecule has 132 valence electrons. The lowest BCUT2D eigenvalue weighted by Gasteiger charge is -2.23. The minimum absolute atomic E-state index is 0.0434. The van der Waals surface area contributed by atoms with E-state index >= 15 is 0 Å². The Morgan fingerprint density at radius 1 is 1.12 bits per heavy atom. The maximum Gasteiger partial charge on any atom is 0.241 e. The van der Waals surface area contributed by atoms with Crippen LogP contribution in [0.15, 0.2) is 35.3 Å². The number of aliphatic imine (C=N–C) groups is 1. The minimum atomic E-state index is 0.0434. The van der Waals surface area contributed by atoms with Crippen molar-refractivity contribution in [2.75, 3.05) is 27.2 Å². The molecular formula is C19H30N4O. The van der Waals surface area contributed by atoms with Crippen molar-refractivity contribution in [2.45, 2.75) is 38.6 Å². The average Bonchev–Trinajstić information content (AvgIpc) is 2.62. The van der Waals surface area contributed by atoms with E-state index in [-0.39, 0.29) is 12.5 Å². The maximum absolute atomic E-state index is 11.8. The van der Waals surface area contributed by atoms with E-state index in [0.29, 0.717) is 12.5 Å². The molecule has 0 saturated heterocycles. The highest BCUT2D eigenvalue weighted by Gasteiger charge is 2.14. The number of carbonyl (C=O) groups is 1. The summed E-state index contributed by atoms with van der Waals surface area (Å²) in [6.45, 7) is 1.80. The lowest BCUT2D eigenvalue weighted by molar-refractivity contribution is -0.127. The number of amides is 1. The van der Waals surface area contributed by atoms with E-state index in [9.17, 15) is 4.79 Å². The fourth-order valence-corrected chi connectivity index (χ4v) is 2.88. The van der Waals surface area contributed by atoms with Crippen LogP contribution in [0.3, 0.4) is 0 Å². The van der Waals surface area contributed by atoms with Crippen LogP contribution in [0.25, 0.3) is 0 Å². The summed E-state index contributed by atoms with van der Waals surface area (Å²) in [5, 5.41) is 6.58. The highest BCUT2D eigenvalue weighted by molar-refractivity contribution is 5.86. The lowest BCUT2D eigenvalue weighted by Crippen LogP contribution is -2.44. The third-order valence-electron chi connectivity index (χ3n) is 4.45. The van der Waals surface area contributed by atoms with E-state index in [4.69, 9.17) is 0 Å². The van der Waals surface area contributed by atoms with E-state index in [1.807, 2.05) is 18.2 Å². The van der Waals surface area contributed by atoms with Crippen LogP contribution in [0.2, 0.25) is 0 Å². The van der Waals surface area contributed by atoms with Gasteiger partial charge in [-0.3, -0.25) is 4.79 Å². The van der Waals surface area contributed by atoms with Gasteiger partial charge in [-0.05, 0) is 24.3 Å². The summed E-state index contributed by atoms with van der Waals surface area (Å²) in [6, 6.07) is 10.2. The number of carbonyl (C=O) groups excluding carboxylic acids is 1. The second kappa shape index (κ2) is 9.96. The summed E-state index contributed by atoms with van der Waals surface area (Å²) in [4.78, 5) is 18.0. The van der Waals surface area contributed by atoms with Crippen LogP contribution in [0.5, 0.6) is 0 Å². The van der Waals surface area contributed by atoms with Gasteiger partial charge >= 0.3 is 0 Å². The molecule has 0 aliphatic heterocycles. The van der Waals surface area contributed by atoms with Crippen LogP contribution in [0.1, 0.15) is 37.7 Å². The molecule has 24 heavy (non-hydrogen) atoms. The SMILES string of the molecule is CN(C)C(=O)CNC(=NCc1ccccc1)NCC1CCCCC1. The van der Waals surface area contributed by atoms with Gasteiger partial charge in [0, 0.05) is 20.6 Å². The summed E-state index contributed by atoms with van der Waals surface area (Å²) < 4.78 is 0. The van der Waals surface area contributed by atoms with Gasteiger partial charge in [0.15, 0.2) is 5.96 Å². The van der Waals surface area contributed by atoms with Gasteiger partial charge in [0.05, 0.1) is 13.1 Å². The molecule has 1 aliphatic carbocycles. The van der Waals surface area contributed by atoms with Gasteiger partial charge < -0.3 is 15.5 Å². The molecule has 1 aromatic carbocycles. The largest absolute Gasteiger partial charge is 0.356 e. The summed E-state index contributed by atoms with van der Waals surface area (Å²) in [5.41, 5.74) is 1.16. The zero-order valence-electron chi connectivity index (χ0n) is 14.9. The molecule has 0 radical (unpaired) electrons. The quantitative estimate of drug-likeness (QED) is 0.622. The molecule has 1 saturated carbocycles. The van der Waals surface area contributed by atoms with Crippen molar-refractivity contribution in [2.24, 2.45) is 10.9 Å². The first-order valence-corrected chi connectivity index (χ1v) is 8.91. The second-order valence-corrected chi connectivity index (χ2v) is 6.68. The first-order chi connectivity index (χ1) is 11.6. The zero-order valence-corrected chi connectivity index (χ0v) is 14.9. The van der Waals surface area contributed by atoms with Gasteiger partial charge in [0.25, 0.3) is 0 Å². The van der Waals surface area contributed by atoms with E-state index in [2.05, 4.69) is 27.8 Å². The number of hydrogen-bond acceptors (Lipinski definition) is 2. The molecular weight excluding hydrogens is 300 g/mol. The van der Waals surface area contributed by atoms with Gasteiger partial charge in [-0.15, -0.1) is 0 Å². The molecule has 0 unspecified atom stereocenters. The highest BCUT2D eigenvalue weighted by Crippen LogP contribution is 2.22. The molecule has 0 atom stereocenters. The molecule has 0 spiro atoms. The Morgan fingerprint density at radius 2 is 1.83 bits per heavy atom. The van der Waals surface area contributed by atoms with E-state index < -0.39 is 0 Å². The van der Waals surface area contributed by atoms with Gasteiger partial charge in [-0.25, -0.2) is 4.99 Å². The number of benzene rings is 1. The van der Waals surface area contributed by atoms with Crippen LogP contribution in [0.4, 0.5) is 0 Å². The van der Waals surface area contributed by atoms with Crippen molar-refractivity contribution in [3.63, 3.8) is 0 Å². The van der Waals surface area contributed by atoms with Crippen molar-refractivity contribution in [1.29, 1.82) is 0 Å². The molecule has 5 nitrogen and oxygen atoms in total. The molecule has 0 aromatic heterocycles. The van der Waals surface area contributed by atoms with Crippen LogP contribution in [-0.4, -0.2) is 44.0 Å². The topological polar surface area (TPSA) is 56.7 Å². The standard InChI is InChI=1S/C19H30N4O/c1-23(2)18(24)15-22-19(20-13-16-9-5-3-6-10-16)21-14-17-11-7-4-8-12-17/h3,5-6,9-10,17H,4,7-8,11-15H2,1-2H3,(H2,20,21,22). The van der Waals surface area contributed by atoms with Gasteiger partial charge in [-0.2, -0.15) is 0 Å². The molecule has 1 fully saturated rings. The lowest BCUT2D eigenvalue weighted by atomic mass is 9.89. The molecule has 1 aliphatic rings. The smallest absolute Gasteiger partial charge is 0.241 e. The molecule has 2 rings (SSSR count). The van der Waals surface area contributed by atoms with Crippen LogP contribution >= 0.6 is 0 Å². The zero-order chi connectivity index (χ0) is 17.2. The summed E-state index contributed by atoms with van der Waals surface area (Å²) >= 11 is 0. The Balaban J connectivity index is 1.90. The van der Waals surface area contributed by atoms with Crippen molar-refractivity contribution >= 4 is 11.9 Å². The Labute approximate surface area is 145 Å². The van der Waals surface area contributed by atoms with Crippen molar-refractivity contribution in [3.05, 3.63) is 35.9 Å². The van der Waals surface area contributed by atoms with E-state index in [1.165, 1.54) is 32.1 Å². The highest BCUT2D eigenvalue weighted by atomic mass is 16.2. The molecule has 0 bridgehead atoms. The van der Waals surface area contributed by atoms with Crippen molar-refractivity contribution in [1.82, 2.24) is 15.5 Å². The fourth-order valence-electron chi connectivity index (χ4n) is 2.88. The van der Waals surface area contributed by atoms with Gasteiger partial charge in [0.1, 0.15) is 0 Å². The number of rotatable bonds is 6. The predicted molar refractivity (Wildman–Crippen MR) is 98.9 cm³/mol. The summed E-state index contributed by atoms with van der Waals surface area (Å²) in [7, 11) is 3.53. The molecule has 5 heteroatoms. The molecule has 0 heterocycles. The summed E-state index contributed by atoms with van der Waals surface area (Å²) in [5.74, 6) is 1.48. The third kappa shape index (κ3) is 6.60. The van der Waals surface area contributed by atoms with Crippen molar-refractivity contribution in [3.8, 4) is 0 Å². The fraction of sp³-hybridized carbons (Fsp3) is 0.579. The Hall–Kier alpha value is -2.04. The molecule has 1 amide bonds. The number of hydrogen-bond donors (Lipinski definition) is 2. The Kier molecular flexibility index (Phi) is 7.59. The predicted octanol–water partition coefficient (Wildman–Crippen LogP) is 2.39. The van der Waals surface area contributed by atoms with Gasteiger partial charge in [-0.1, -0.05) is 49.6 Å². The van der Waals surface area contributed by atoms with E-state index in [1.54, 1.807) is 19.0 Å². The molecule has 2 N–H and O–H groups in total. The Morgan fingerprint density at radius 3 is 2.50 bits per heavy atom. The normalized spacial score (nSPS) is 15.8. The first-order valence-electron chi connectivity index (χ1n) is 8.91. The number of guanidine groups is 1. The third-order valence-corrected chi connectivity index (χ3v) is 4.45. The number of nitrogens with one attached hydrogen (secondary N) is 2. The average molecular weight is 330 g/mol. The van der Waals surface area contributed by atoms with Crippen LogP contribution in [0, 0.1) is 5.92 Å². The first kappa shape index (κ1) is 18.3. The maximum atomic E-state index is 11.8. The number of nitrogens with zero attached hydrogens (tertiary/aromatic N) is 2. The second-order valence-electron chi connectivity index (χ2n) is 6.68. The minimum Gasteiger partial charge on any atom is -0.356 e. The van der Waals surface area contributed by atoms with Crippen LogP contribution < -0.4 is 10.6 Å². The van der Waals surface area contributed by atoms with Crippen LogP contribution in [-0.2, 0) is 11.3 Å². The number of likely N-dealkylation sites (N-methyl/N-ethyl adjacent to an activating group) is 1. The summed E-state index contributed by atoms with van der Waals surface area (Å²) in [6.07, 6.45) is 6.59. The van der Waals surface area contributed by atoms with E-state index in [0.717, 1.165) is 18.1 Å². The van der Waals surface area contributed by atoms with Gasteiger partial charge in [0.2, 0.25) is 5.91 Å². The molecule has 1 aromatic rings. The van der Waals surface area contributed by atoms with Crippen molar-refractivity contribution < 1.29 is 4.79 Å². The monoisotopic (exact) mass is 330 g/mol. The Bertz CT molecular complexity index is 521.